The fourth-order valence-electron chi connectivity index (χ4n) is 2.29. The standard InChI is InChI=1S/C20H25N3O2/c1-13(2)7-8-22-19(24)16-10-17(12-21-11-16)20(25)23-18-6-5-14(3)15(4)9-18/h5-6,9-13H,7-8H2,1-4H3,(H,22,24)(H,23,25). The first-order valence-electron chi connectivity index (χ1n) is 8.48. The number of aromatic nitrogens is 1. The minimum atomic E-state index is -0.285. The number of aryl methyl sites for hydroxylation is 2. The van der Waals surface area contributed by atoms with Crippen LogP contribution in [0.15, 0.2) is 36.7 Å². The van der Waals surface area contributed by atoms with E-state index in [0.29, 0.717) is 23.6 Å². The highest BCUT2D eigenvalue weighted by Gasteiger charge is 2.12. The lowest BCUT2D eigenvalue weighted by Crippen LogP contribution is -2.26. The van der Waals surface area contributed by atoms with Crippen LogP contribution in [0.3, 0.4) is 0 Å². The molecule has 0 aliphatic heterocycles. The topological polar surface area (TPSA) is 71.1 Å². The third-order valence-corrected chi connectivity index (χ3v) is 4.03. The van der Waals surface area contributed by atoms with Gasteiger partial charge in [0.05, 0.1) is 11.1 Å². The van der Waals surface area contributed by atoms with Crippen molar-refractivity contribution < 1.29 is 9.59 Å². The molecule has 1 aromatic carbocycles. The van der Waals surface area contributed by atoms with Gasteiger partial charge in [0.1, 0.15) is 0 Å². The fraction of sp³-hybridized carbons (Fsp3) is 0.350. The van der Waals surface area contributed by atoms with Crippen LogP contribution in [0, 0.1) is 19.8 Å². The maximum atomic E-state index is 12.4. The number of benzene rings is 1. The molecule has 1 aromatic heterocycles. The molecular weight excluding hydrogens is 314 g/mol. The molecule has 25 heavy (non-hydrogen) atoms. The summed E-state index contributed by atoms with van der Waals surface area (Å²) in [5.74, 6) is 0.0232. The van der Waals surface area contributed by atoms with Crippen molar-refractivity contribution in [3.05, 3.63) is 58.9 Å². The van der Waals surface area contributed by atoms with E-state index in [-0.39, 0.29) is 11.8 Å². The van der Waals surface area contributed by atoms with Crippen LogP contribution >= 0.6 is 0 Å². The summed E-state index contributed by atoms with van der Waals surface area (Å²) in [7, 11) is 0. The fourth-order valence-corrected chi connectivity index (χ4v) is 2.29. The Kier molecular flexibility index (Phi) is 6.28. The molecule has 0 aliphatic rings. The Bertz CT molecular complexity index is 769. The van der Waals surface area contributed by atoms with Crippen molar-refractivity contribution >= 4 is 17.5 Å². The summed E-state index contributed by atoms with van der Waals surface area (Å²) in [5.41, 5.74) is 3.74. The average Bonchev–Trinajstić information content (AvgIpc) is 2.58. The van der Waals surface area contributed by atoms with E-state index >= 15 is 0 Å². The number of carbonyl (C=O) groups excluding carboxylic acids is 2. The van der Waals surface area contributed by atoms with Crippen LogP contribution in [0.5, 0.6) is 0 Å². The average molecular weight is 339 g/mol. The van der Waals surface area contributed by atoms with Crippen LogP contribution in [0.25, 0.3) is 0 Å². The SMILES string of the molecule is Cc1ccc(NC(=O)c2cncc(C(=O)NCCC(C)C)c2)cc1C. The monoisotopic (exact) mass is 339 g/mol. The first-order chi connectivity index (χ1) is 11.9. The third-order valence-electron chi connectivity index (χ3n) is 4.03. The molecule has 2 amide bonds. The van der Waals surface area contributed by atoms with Crippen LogP contribution in [0.1, 0.15) is 52.1 Å². The molecule has 132 valence electrons. The molecule has 0 aliphatic carbocycles. The van der Waals surface area contributed by atoms with Crippen molar-refractivity contribution in [2.24, 2.45) is 5.92 Å². The number of nitrogens with zero attached hydrogens (tertiary/aromatic N) is 1. The molecule has 0 fully saturated rings. The molecule has 5 heteroatoms. The molecule has 1 heterocycles. The van der Waals surface area contributed by atoms with Crippen LogP contribution in [0.2, 0.25) is 0 Å². The highest BCUT2D eigenvalue weighted by molar-refractivity contribution is 6.05. The zero-order valence-corrected chi connectivity index (χ0v) is 15.2. The van der Waals surface area contributed by atoms with E-state index in [1.54, 1.807) is 6.07 Å². The van der Waals surface area contributed by atoms with E-state index in [9.17, 15) is 9.59 Å². The van der Waals surface area contributed by atoms with Crippen molar-refractivity contribution in [3.63, 3.8) is 0 Å². The summed E-state index contributed by atoms with van der Waals surface area (Å²) < 4.78 is 0. The van der Waals surface area contributed by atoms with Crippen molar-refractivity contribution in [2.45, 2.75) is 34.1 Å². The van der Waals surface area contributed by atoms with E-state index in [1.165, 1.54) is 18.0 Å². The number of carbonyl (C=O) groups is 2. The number of nitrogens with one attached hydrogen (secondary N) is 2. The van der Waals surface area contributed by atoms with E-state index in [4.69, 9.17) is 0 Å². The van der Waals surface area contributed by atoms with Crippen LogP contribution in [-0.2, 0) is 0 Å². The maximum Gasteiger partial charge on any atom is 0.257 e. The minimum absolute atomic E-state index is 0.214. The summed E-state index contributed by atoms with van der Waals surface area (Å²) in [6.07, 6.45) is 3.84. The van der Waals surface area contributed by atoms with Gasteiger partial charge in [-0.1, -0.05) is 19.9 Å². The van der Waals surface area contributed by atoms with Gasteiger partial charge in [-0.3, -0.25) is 14.6 Å². The molecule has 2 rings (SSSR count). The van der Waals surface area contributed by atoms with Crippen LogP contribution in [-0.4, -0.2) is 23.3 Å². The van der Waals surface area contributed by atoms with E-state index in [0.717, 1.165) is 17.7 Å². The molecule has 0 saturated heterocycles. The summed E-state index contributed by atoms with van der Waals surface area (Å²) in [5, 5.41) is 5.69. The Morgan fingerprint density at radius 1 is 1.00 bits per heavy atom. The van der Waals surface area contributed by atoms with E-state index in [2.05, 4.69) is 29.5 Å². The second-order valence-corrected chi connectivity index (χ2v) is 6.65. The van der Waals surface area contributed by atoms with Crippen molar-refractivity contribution in [1.82, 2.24) is 10.3 Å². The second-order valence-electron chi connectivity index (χ2n) is 6.65. The van der Waals surface area contributed by atoms with Gasteiger partial charge in [0.25, 0.3) is 11.8 Å². The van der Waals surface area contributed by atoms with Gasteiger partial charge in [-0.05, 0) is 55.5 Å². The highest BCUT2D eigenvalue weighted by Crippen LogP contribution is 2.15. The summed E-state index contributed by atoms with van der Waals surface area (Å²) >= 11 is 0. The second kappa shape index (κ2) is 8.42. The molecule has 5 nitrogen and oxygen atoms in total. The normalized spacial score (nSPS) is 10.6. The summed E-state index contributed by atoms with van der Waals surface area (Å²) in [6.45, 7) is 8.83. The largest absolute Gasteiger partial charge is 0.352 e. The summed E-state index contributed by atoms with van der Waals surface area (Å²) in [6, 6.07) is 7.30. The van der Waals surface area contributed by atoms with Crippen LogP contribution in [0.4, 0.5) is 5.69 Å². The quantitative estimate of drug-likeness (QED) is 0.842. The molecule has 0 saturated carbocycles. The van der Waals surface area contributed by atoms with Gasteiger partial charge in [0.15, 0.2) is 0 Å². The molecule has 0 spiro atoms. The first-order valence-corrected chi connectivity index (χ1v) is 8.48. The molecule has 2 aromatic rings. The molecule has 0 radical (unpaired) electrons. The number of rotatable bonds is 6. The predicted octanol–water partition coefficient (Wildman–Crippen LogP) is 3.73. The van der Waals surface area contributed by atoms with Gasteiger partial charge in [0, 0.05) is 24.6 Å². The van der Waals surface area contributed by atoms with Gasteiger partial charge >= 0.3 is 0 Å². The minimum Gasteiger partial charge on any atom is -0.352 e. The Balaban J connectivity index is 2.05. The molecular formula is C20H25N3O2. The van der Waals surface area contributed by atoms with Crippen molar-refractivity contribution in [3.8, 4) is 0 Å². The highest BCUT2D eigenvalue weighted by atomic mass is 16.2. The van der Waals surface area contributed by atoms with Gasteiger partial charge in [-0.25, -0.2) is 0 Å². The lowest BCUT2D eigenvalue weighted by atomic mass is 10.1. The Labute approximate surface area is 148 Å². The molecule has 0 atom stereocenters. The Morgan fingerprint density at radius 2 is 1.68 bits per heavy atom. The van der Waals surface area contributed by atoms with Crippen LogP contribution < -0.4 is 10.6 Å². The Morgan fingerprint density at radius 3 is 2.32 bits per heavy atom. The number of hydrogen-bond acceptors (Lipinski definition) is 3. The maximum absolute atomic E-state index is 12.4. The molecule has 0 unspecified atom stereocenters. The van der Waals surface area contributed by atoms with Crippen molar-refractivity contribution in [1.29, 1.82) is 0 Å². The van der Waals surface area contributed by atoms with Gasteiger partial charge < -0.3 is 10.6 Å². The van der Waals surface area contributed by atoms with Crippen molar-refractivity contribution in [2.75, 3.05) is 11.9 Å². The number of amides is 2. The lowest BCUT2D eigenvalue weighted by molar-refractivity contribution is 0.0951. The zero-order chi connectivity index (χ0) is 18.4. The summed E-state index contributed by atoms with van der Waals surface area (Å²) in [4.78, 5) is 28.6. The van der Waals surface area contributed by atoms with E-state index < -0.39 is 0 Å². The first kappa shape index (κ1) is 18.6. The van der Waals surface area contributed by atoms with Gasteiger partial charge in [-0.2, -0.15) is 0 Å². The molecule has 2 N–H and O–H groups in total. The Hall–Kier alpha value is -2.69. The van der Waals surface area contributed by atoms with Gasteiger partial charge in [-0.15, -0.1) is 0 Å². The molecule has 0 bridgehead atoms. The predicted molar refractivity (Wildman–Crippen MR) is 99.9 cm³/mol. The number of pyridine rings is 1. The lowest BCUT2D eigenvalue weighted by Gasteiger charge is -2.09. The number of anilines is 1. The smallest absolute Gasteiger partial charge is 0.257 e. The number of hydrogen-bond donors (Lipinski definition) is 2. The van der Waals surface area contributed by atoms with E-state index in [1.807, 2.05) is 32.0 Å². The third kappa shape index (κ3) is 5.41. The zero-order valence-electron chi connectivity index (χ0n) is 15.2. The van der Waals surface area contributed by atoms with Gasteiger partial charge in [0.2, 0.25) is 0 Å².